The van der Waals surface area contributed by atoms with E-state index in [1.54, 1.807) is 4.90 Å². The molecule has 84 valence electrons. The van der Waals surface area contributed by atoms with Crippen molar-refractivity contribution in [3.8, 4) is 0 Å². The van der Waals surface area contributed by atoms with Crippen molar-refractivity contribution in [1.82, 2.24) is 9.80 Å². The van der Waals surface area contributed by atoms with Crippen molar-refractivity contribution in [2.24, 2.45) is 5.92 Å². The van der Waals surface area contributed by atoms with E-state index in [2.05, 4.69) is 0 Å². The lowest BCUT2D eigenvalue weighted by Gasteiger charge is -2.38. The smallest absolute Gasteiger partial charge is 0.320 e. The average Bonchev–Trinajstić information content (AvgIpc) is 2.48. The summed E-state index contributed by atoms with van der Waals surface area (Å²) in [5.74, 6) is -1.26. The number of nitrogens with zero attached hydrogens (tertiary/aromatic N) is 2. The summed E-state index contributed by atoms with van der Waals surface area (Å²) in [7, 11) is 0. The van der Waals surface area contributed by atoms with Gasteiger partial charge < -0.3 is 20.0 Å². The summed E-state index contributed by atoms with van der Waals surface area (Å²) >= 11 is 0. The summed E-state index contributed by atoms with van der Waals surface area (Å²) in [6.45, 7) is 1.52. The Hall–Kier alpha value is -1.30. The number of hydrogen-bond donors (Lipinski definition) is 2. The fourth-order valence-corrected chi connectivity index (χ4v) is 1.91. The largest absolute Gasteiger partial charge is 0.481 e. The van der Waals surface area contributed by atoms with Crippen LogP contribution in [0.15, 0.2) is 0 Å². The van der Waals surface area contributed by atoms with Crippen LogP contribution in [0.2, 0.25) is 0 Å². The highest BCUT2D eigenvalue weighted by molar-refractivity contribution is 5.80. The molecule has 0 spiro atoms. The van der Waals surface area contributed by atoms with E-state index in [0.29, 0.717) is 32.6 Å². The first-order valence-corrected chi connectivity index (χ1v) is 5.02. The lowest BCUT2D eigenvalue weighted by atomic mass is 10.0. The van der Waals surface area contributed by atoms with Gasteiger partial charge in [0.25, 0.3) is 0 Å². The topological polar surface area (TPSA) is 81.1 Å². The summed E-state index contributed by atoms with van der Waals surface area (Å²) in [6.07, 6.45) is 0.188. The highest BCUT2D eigenvalue weighted by Gasteiger charge is 2.38. The van der Waals surface area contributed by atoms with Gasteiger partial charge in [-0.05, 0) is 6.42 Å². The van der Waals surface area contributed by atoms with Gasteiger partial charge in [0.1, 0.15) is 0 Å². The molecule has 2 saturated heterocycles. The van der Waals surface area contributed by atoms with Gasteiger partial charge in [-0.3, -0.25) is 4.79 Å². The van der Waals surface area contributed by atoms with Crippen LogP contribution in [-0.2, 0) is 4.79 Å². The highest BCUT2D eigenvalue weighted by atomic mass is 16.4. The Morgan fingerprint density at radius 2 is 1.80 bits per heavy atom. The van der Waals surface area contributed by atoms with Crippen molar-refractivity contribution >= 4 is 12.0 Å². The molecule has 0 bridgehead atoms. The molecule has 0 aromatic carbocycles. The zero-order valence-electron chi connectivity index (χ0n) is 8.30. The molecule has 0 saturated carbocycles. The van der Waals surface area contributed by atoms with Crippen LogP contribution in [0.1, 0.15) is 6.42 Å². The molecule has 0 aromatic rings. The molecular formula is C9H14N2O4. The van der Waals surface area contributed by atoms with Gasteiger partial charge in [-0.1, -0.05) is 0 Å². The second-order valence-corrected chi connectivity index (χ2v) is 4.11. The molecule has 2 N–H and O–H groups in total. The minimum absolute atomic E-state index is 0.149. The molecule has 6 heteroatoms. The number of urea groups is 1. The van der Waals surface area contributed by atoms with E-state index >= 15 is 0 Å². The van der Waals surface area contributed by atoms with Crippen molar-refractivity contribution in [1.29, 1.82) is 0 Å². The van der Waals surface area contributed by atoms with Gasteiger partial charge in [-0.15, -0.1) is 0 Å². The number of aliphatic carboxylic acids is 1. The third kappa shape index (κ3) is 1.90. The van der Waals surface area contributed by atoms with Gasteiger partial charge in [0.2, 0.25) is 0 Å². The maximum absolute atomic E-state index is 11.7. The minimum Gasteiger partial charge on any atom is -0.481 e. The number of aliphatic hydroxyl groups is 1. The minimum atomic E-state index is -0.847. The molecule has 2 amide bonds. The summed E-state index contributed by atoms with van der Waals surface area (Å²) in [5.41, 5.74) is 0. The molecule has 0 aliphatic carbocycles. The number of aliphatic hydroxyl groups excluding tert-OH is 1. The Balaban J connectivity index is 1.81. The predicted octanol–water partition coefficient (Wildman–Crippen LogP) is -0.811. The van der Waals surface area contributed by atoms with E-state index in [4.69, 9.17) is 5.11 Å². The predicted molar refractivity (Wildman–Crippen MR) is 50.3 cm³/mol. The SMILES string of the molecule is O=C(O)C1CN(C(=O)N2CCC(O)C2)C1. The highest BCUT2D eigenvalue weighted by Crippen LogP contribution is 2.20. The zero-order valence-corrected chi connectivity index (χ0v) is 8.30. The van der Waals surface area contributed by atoms with E-state index in [9.17, 15) is 14.7 Å². The molecule has 6 nitrogen and oxygen atoms in total. The van der Waals surface area contributed by atoms with Gasteiger partial charge in [0.05, 0.1) is 12.0 Å². The zero-order chi connectivity index (χ0) is 11.0. The Morgan fingerprint density at radius 1 is 1.13 bits per heavy atom. The summed E-state index contributed by atoms with van der Waals surface area (Å²) in [4.78, 5) is 25.3. The standard InChI is InChI=1S/C9H14N2O4/c12-7-1-2-10(5-7)9(15)11-3-6(4-11)8(13)14/h6-7,12H,1-5H2,(H,13,14). The Labute approximate surface area is 87.1 Å². The first kappa shape index (κ1) is 10.2. The molecule has 2 heterocycles. The Kier molecular flexibility index (Phi) is 2.52. The molecule has 2 rings (SSSR count). The van der Waals surface area contributed by atoms with Crippen LogP contribution >= 0.6 is 0 Å². The fraction of sp³-hybridized carbons (Fsp3) is 0.778. The van der Waals surface area contributed by atoms with E-state index < -0.39 is 18.0 Å². The quantitative estimate of drug-likeness (QED) is 0.598. The van der Waals surface area contributed by atoms with Gasteiger partial charge in [0, 0.05) is 26.2 Å². The van der Waals surface area contributed by atoms with E-state index in [1.165, 1.54) is 4.90 Å². The number of carbonyl (C=O) groups is 2. The van der Waals surface area contributed by atoms with Gasteiger partial charge in [-0.2, -0.15) is 0 Å². The average molecular weight is 214 g/mol. The van der Waals surface area contributed by atoms with Crippen LogP contribution < -0.4 is 0 Å². The molecule has 1 unspecified atom stereocenters. The monoisotopic (exact) mass is 214 g/mol. The first-order chi connectivity index (χ1) is 7.08. The summed E-state index contributed by atoms with van der Waals surface area (Å²) < 4.78 is 0. The Bertz CT molecular complexity index is 288. The van der Waals surface area contributed by atoms with Gasteiger partial charge >= 0.3 is 12.0 Å². The molecular weight excluding hydrogens is 200 g/mol. The molecule has 0 radical (unpaired) electrons. The van der Waals surface area contributed by atoms with Gasteiger partial charge in [0.15, 0.2) is 0 Å². The molecule has 2 fully saturated rings. The van der Waals surface area contributed by atoms with Crippen molar-refractivity contribution < 1.29 is 19.8 Å². The molecule has 1 atom stereocenters. The van der Waals surface area contributed by atoms with Gasteiger partial charge in [-0.25, -0.2) is 4.79 Å². The Morgan fingerprint density at radius 3 is 2.27 bits per heavy atom. The molecule has 0 aromatic heterocycles. The molecule has 2 aliphatic rings. The number of β-amino-alcohol motifs (C(OH)–C–C–N with tert-alkyl or cyclic N) is 1. The molecule has 2 aliphatic heterocycles. The third-order valence-electron chi connectivity index (χ3n) is 2.94. The van der Waals surface area contributed by atoms with Crippen LogP contribution in [0.4, 0.5) is 4.79 Å². The molecule has 15 heavy (non-hydrogen) atoms. The van der Waals surface area contributed by atoms with E-state index in [1.807, 2.05) is 0 Å². The summed E-state index contributed by atoms with van der Waals surface area (Å²) in [5, 5.41) is 17.9. The normalized spacial score (nSPS) is 26.6. The van der Waals surface area contributed by atoms with Crippen LogP contribution in [0, 0.1) is 5.92 Å². The fourth-order valence-electron chi connectivity index (χ4n) is 1.91. The number of rotatable bonds is 1. The van der Waals surface area contributed by atoms with Crippen LogP contribution in [-0.4, -0.2) is 64.3 Å². The van der Waals surface area contributed by atoms with Crippen LogP contribution in [0.5, 0.6) is 0 Å². The number of likely N-dealkylation sites (tertiary alicyclic amines) is 2. The van der Waals surface area contributed by atoms with Crippen LogP contribution in [0.25, 0.3) is 0 Å². The van der Waals surface area contributed by atoms with Crippen molar-refractivity contribution in [2.75, 3.05) is 26.2 Å². The van der Waals surface area contributed by atoms with Crippen molar-refractivity contribution in [3.05, 3.63) is 0 Å². The third-order valence-corrected chi connectivity index (χ3v) is 2.94. The van der Waals surface area contributed by atoms with Crippen molar-refractivity contribution in [2.45, 2.75) is 12.5 Å². The van der Waals surface area contributed by atoms with E-state index in [-0.39, 0.29) is 6.03 Å². The number of amides is 2. The lowest BCUT2D eigenvalue weighted by Crippen LogP contribution is -2.56. The number of carbonyl (C=O) groups excluding carboxylic acids is 1. The van der Waals surface area contributed by atoms with Crippen LogP contribution in [0.3, 0.4) is 0 Å². The van der Waals surface area contributed by atoms with Crippen molar-refractivity contribution in [3.63, 3.8) is 0 Å². The first-order valence-electron chi connectivity index (χ1n) is 5.02. The van der Waals surface area contributed by atoms with E-state index in [0.717, 1.165) is 0 Å². The number of carboxylic acid groups (broad SMARTS) is 1. The second kappa shape index (κ2) is 3.69. The number of hydrogen-bond acceptors (Lipinski definition) is 3. The number of carboxylic acids is 1. The maximum atomic E-state index is 11.7. The summed E-state index contributed by atoms with van der Waals surface area (Å²) in [6, 6.07) is -0.149. The lowest BCUT2D eigenvalue weighted by molar-refractivity contribution is -0.146. The second-order valence-electron chi connectivity index (χ2n) is 4.11. The maximum Gasteiger partial charge on any atom is 0.320 e.